The van der Waals surface area contributed by atoms with Crippen LogP contribution < -0.4 is 15.9 Å². The fourth-order valence-corrected chi connectivity index (χ4v) is 7.70. The van der Waals surface area contributed by atoms with Gasteiger partial charge in [-0.2, -0.15) is 12.8 Å². The second-order valence-corrected chi connectivity index (χ2v) is 10.6. The van der Waals surface area contributed by atoms with E-state index in [1.165, 1.54) is 15.9 Å². The van der Waals surface area contributed by atoms with Crippen LogP contribution in [0.2, 0.25) is 0 Å². The van der Waals surface area contributed by atoms with Crippen LogP contribution in [0.25, 0.3) is 0 Å². The van der Waals surface area contributed by atoms with E-state index in [2.05, 4.69) is 128 Å². The summed E-state index contributed by atoms with van der Waals surface area (Å²) in [5.41, 5.74) is 0. The van der Waals surface area contributed by atoms with Crippen molar-refractivity contribution in [2.75, 3.05) is 0 Å². The van der Waals surface area contributed by atoms with Crippen molar-refractivity contribution in [3.8, 4) is 0 Å². The molecule has 0 bridgehead atoms. The Morgan fingerprint density at radius 2 is 1.00 bits per heavy atom. The fraction of sp³-hybridized carbons (Fsp3) is 0.207. The van der Waals surface area contributed by atoms with Gasteiger partial charge in [-0.05, 0) is 29.2 Å². The van der Waals surface area contributed by atoms with Gasteiger partial charge in [0.1, 0.15) is 0 Å². The number of hydrogen-bond acceptors (Lipinski definition) is 0. The molecule has 0 aromatic heterocycles. The van der Waals surface area contributed by atoms with Crippen LogP contribution in [-0.2, 0) is 98.1 Å². The molecule has 0 nitrogen and oxygen atoms in total. The van der Waals surface area contributed by atoms with Crippen molar-refractivity contribution in [2.24, 2.45) is 0 Å². The van der Waals surface area contributed by atoms with E-state index < -0.39 is 6.89 Å². The van der Waals surface area contributed by atoms with E-state index in [1.807, 2.05) is 0 Å². The number of allylic oxidation sites excluding steroid dienone is 4. The minimum atomic E-state index is -1.81. The topological polar surface area (TPSA) is 0 Å². The Morgan fingerprint density at radius 1 is 0.576 bits per heavy atom. The normalized spacial score (nSPS) is 10.8. The molecule has 0 N–H and O–H groups in total. The van der Waals surface area contributed by atoms with E-state index in [0.29, 0.717) is 0 Å². The smallest absolute Gasteiger partial charge is 0 e. The Kier molecular flexibility index (Phi) is 20.3. The van der Waals surface area contributed by atoms with Gasteiger partial charge < -0.3 is 12.2 Å². The molecule has 0 atom stereocenters. The monoisotopic (exact) mass is 677 g/mol. The molecule has 0 aliphatic rings. The summed E-state index contributed by atoms with van der Waals surface area (Å²) in [5, 5.41) is 4.24. The third kappa shape index (κ3) is 10.3. The van der Waals surface area contributed by atoms with Gasteiger partial charge in [0.15, 0.2) is 0 Å². The van der Waals surface area contributed by atoms with E-state index in [-0.39, 0.29) is 98.1 Å². The Balaban J connectivity index is 0.00000341. The summed E-state index contributed by atoms with van der Waals surface area (Å²) >= 11 is 0. The molecule has 0 aliphatic heterocycles. The van der Waals surface area contributed by atoms with E-state index in [9.17, 15) is 0 Å². The molecule has 33 heavy (non-hydrogen) atoms. The largest absolute Gasteiger partial charge is 0.501 e. The maximum absolute atomic E-state index is 3.45. The van der Waals surface area contributed by atoms with Gasteiger partial charge in [-0.15, -0.1) is 0 Å². The van der Waals surface area contributed by atoms with Crippen LogP contribution in [-0.4, -0.2) is 5.80 Å². The van der Waals surface area contributed by atoms with Crippen molar-refractivity contribution in [1.82, 2.24) is 0 Å². The zero-order valence-corrected chi connectivity index (χ0v) is 29.0. The Bertz CT molecular complexity index is 878. The summed E-state index contributed by atoms with van der Waals surface area (Å²) in [5.74, 6) is 2.59. The van der Waals surface area contributed by atoms with Crippen LogP contribution in [0.4, 0.5) is 0 Å². The van der Waals surface area contributed by atoms with Gasteiger partial charge in [0.25, 0.3) is 0 Å². The molecule has 3 aromatic carbocycles. The zero-order valence-electron chi connectivity index (χ0n) is 19.6. The maximum Gasteiger partial charge on any atom is 0 e. The van der Waals surface area contributed by atoms with Crippen LogP contribution in [0.3, 0.4) is 0 Å². The van der Waals surface area contributed by atoms with Gasteiger partial charge in [0.05, 0.1) is 0 Å². The van der Waals surface area contributed by atoms with Gasteiger partial charge in [0.2, 0.25) is 0 Å². The first-order valence-corrected chi connectivity index (χ1v) is 12.7. The quantitative estimate of drug-likeness (QED) is 0.131. The van der Waals surface area contributed by atoms with E-state index in [1.54, 1.807) is 0 Å². The average molecular weight is 677 g/mol. The van der Waals surface area contributed by atoms with Gasteiger partial charge in [0, 0.05) is 98.1 Å². The number of unbranched alkanes of at least 4 members (excludes halogenated alkanes) is 2. The first-order chi connectivity index (χ1) is 14.9. The summed E-state index contributed by atoms with van der Waals surface area (Å²) < 4.78 is 0. The Hall–Kier alpha value is 0.752. The van der Waals surface area contributed by atoms with Crippen molar-refractivity contribution in [3.63, 3.8) is 0 Å². The first-order valence-electron chi connectivity index (χ1n) is 10.9. The molecule has 0 saturated heterocycles. The number of rotatable bonds is 10. The maximum atomic E-state index is 3.45. The van der Waals surface area contributed by atoms with Gasteiger partial charge in [-0.1, -0.05) is 117 Å². The first kappa shape index (κ1) is 33.8. The number of benzene rings is 3. The minimum absolute atomic E-state index is 0. The van der Waals surface area contributed by atoms with E-state index in [4.69, 9.17) is 0 Å². The Morgan fingerprint density at radius 3 is 1.42 bits per heavy atom. The van der Waals surface area contributed by atoms with Crippen LogP contribution in [0, 0.1) is 12.2 Å². The molecule has 3 aromatic rings. The van der Waals surface area contributed by atoms with E-state index >= 15 is 0 Å². The summed E-state index contributed by atoms with van der Waals surface area (Å²) in [7, 11) is 0. The van der Waals surface area contributed by atoms with Gasteiger partial charge in [-0.25, -0.2) is 0 Å². The average Bonchev–Trinajstić information content (AvgIpc) is 2.82. The molecule has 0 amide bonds. The van der Waals surface area contributed by atoms with Gasteiger partial charge in [-0.3, -0.25) is 12.2 Å². The summed E-state index contributed by atoms with van der Waals surface area (Å²) in [6.45, 7) is 0.306. The van der Waals surface area contributed by atoms with Crippen LogP contribution in [0.5, 0.6) is 0 Å². The molecule has 0 unspecified atom stereocenters. The molecular weight excluding hydrogens is 646 g/mol. The van der Waals surface area contributed by atoms with Crippen molar-refractivity contribution >= 4 is 28.6 Å². The SMILES string of the molecule is CC[C-]=CCC[C-]=CCCC=P(c1ccccc1)(c1ccccc1)c1ccccc1.[Y].[Y].[Y]. The molecule has 0 spiro atoms. The molecule has 163 valence electrons. The van der Waals surface area contributed by atoms with Crippen molar-refractivity contribution in [3.05, 3.63) is 115 Å². The predicted octanol–water partition coefficient (Wildman–Crippen LogP) is 6.46. The van der Waals surface area contributed by atoms with E-state index in [0.717, 1.165) is 32.1 Å². The Labute approximate surface area is 277 Å². The zero-order chi connectivity index (χ0) is 20.9. The molecule has 0 saturated carbocycles. The minimum Gasteiger partial charge on any atom is -0.501 e. The van der Waals surface area contributed by atoms with Crippen LogP contribution in [0.1, 0.15) is 39.0 Å². The second kappa shape index (κ2) is 19.9. The molecule has 0 fully saturated rings. The summed E-state index contributed by atoms with van der Waals surface area (Å²) in [6, 6.07) is 33.1. The van der Waals surface area contributed by atoms with Gasteiger partial charge >= 0.3 is 0 Å². The molecule has 4 heteroatoms. The second-order valence-electron chi connectivity index (χ2n) is 7.20. The predicted molar refractivity (Wildman–Crippen MR) is 136 cm³/mol. The third-order valence-electron chi connectivity index (χ3n) is 5.13. The molecule has 3 rings (SSSR count). The van der Waals surface area contributed by atoms with Crippen molar-refractivity contribution in [1.29, 1.82) is 0 Å². The molecule has 0 aliphatic carbocycles. The van der Waals surface area contributed by atoms with Crippen molar-refractivity contribution < 1.29 is 98.1 Å². The summed E-state index contributed by atoms with van der Waals surface area (Å²) in [6.07, 6.45) is 16.1. The standard InChI is InChI=1S/C29H31P.3Y/c1-2-3-4-5-6-7-8-9-19-26-30(27-20-13-10-14-21-27,28-22-15-11-16-23-28)29-24-17-12-18-25-29;;;/h4,8,10-18,20-26H,2,5-6,9,19H2,1H3;;;/q-2;;;. The molecule has 3 radical (unpaired) electrons. The third-order valence-corrected chi connectivity index (χ3v) is 9.27. The molecule has 0 heterocycles. The fourth-order valence-electron chi connectivity index (χ4n) is 3.71. The van der Waals surface area contributed by atoms with Crippen LogP contribution >= 0.6 is 6.89 Å². The molecular formula is C29H31PY3-2. The summed E-state index contributed by atoms with van der Waals surface area (Å²) in [4.78, 5) is 0. The number of hydrogen-bond donors (Lipinski definition) is 0. The van der Waals surface area contributed by atoms with Crippen LogP contribution in [0.15, 0.2) is 103 Å². The van der Waals surface area contributed by atoms with Crippen molar-refractivity contribution in [2.45, 2.75) is 39.0 Å².